The van der Waals surface area contributed by atoms with Crippen LogP contribution in [0.3, 0.4) is 0 Å². The second-order valence-corrected chi connectivity index (χ2v) is 4.78. The molecule has 0 radical (unpaired) electrons. The number of nitrogens with zero attached hydrogens (tertiary/aromatic N) is 1. The predicted molar refractivity (Wildman–Crippen MR) is 74.4 cm³/mol. The summed E-state index contributed by atoms with van der Waals surface area (Å²) < 4.78 is 5.08. The first-order valence-electron chi connectivity index (χ1n) is 6.51. The van der Waals surface area contributed by atoms with Crippen molar-refractivity contribution in [3.05, 3.63) is 29.8 Å². The minimum absolute atomic E-state index is 0.360. The first-order chi connectivity index (χ1) is 9.94. The van der Waals surface area contributed by atoms with Gasteiger partial charge >= 0.3 is 6.03 Å². The molecule has 21 heavy (non-hydrogen) atoms. The Bertz CT molecular complexity index is 584. The smallest absolute Gasteiger partial charge is 0.325 e. The van der Waals surface area contributed by atoms with E-state index in [0.717, 1.165) is 4.90 Å². The zero-order valence-electron chi connectivity index (χ0n) is 11.9. The summed E-state index contributed by atoms with van der Waals surface area (Å²) in [6.07, 6.45) is 0.360. The lowest BCUT2D eigenvalue weighted by atomic mass is 9.87. The largest absolute Gasteiger partial charge is 0.497 e. The van der Waals surface area contributed by atoms with Crippen LogP contribution >= 0.6 is 0 Å². The number of nitrogens with one attached hydrogen (secondary N) is 1. The van der Waals surface area contributed by atoms with Crippen molar-refractivity contribution in [2.24, 2.45) is 5.73 Å². The van der Waals surface area contributed by atoms with E-state index in [1.54, 1.807) is 38.3 Å². The Morgan fingerprint density at radius 1 is 1.33 bits per heavy atom. The van der Waals surface area contributed by atoms with E-state index in [9.17, 15) is 14.4 Å². The molecular weight excluding hydrogens is 274 g/mol. The number of ether oxygens (including phenoxy) is 1. The third kappa shape index (κ3) is 2.42. The molecule has 2 rings (SSSR count). The van der Waals surface area contributed by atoms with Crippen LogP contribution in [0.1, 0.15) is 18.9 Å². The molecular formula is C14H17N3O4. The van der Waals surface area contributed by atoms with E-state index in [-0.39, 0.29) is 0 Å². The SMILES string of the molecule is CC[C@]1(c2ccc(OC)cc2)NC(=O)N(CC(N)=O)C1=O. The molecule has 1 saturated heterocycles. The van der Waals surface area contributed by atoms with Gasteiger partial charge in [0, 0.05) is 0 Å². The van der Waals surface area contributed by atoms with Crippen LogP contribution in [0.2, 0.25) is 0 Å². The first kappa shape index (κ1) is 14.8. The maximum absolute atomic E-state index is 12.6. The quantitative estimate of drug-likeness (QED) is 0.763. The molecule has 7 nitrogen and oxygen atoms in total. The van der Waals surface area contributed by atoms with Gasteiger partial charge in [-0.2, -0.15) is 0 Å². The molecule has 4 amide bonds. The number of amides is 4. The zero-order valence-corrected chi connectivity index (χ0v) is 11.9. The second kappa shape index (κ2) is 5.43. The summed E-state index contributed by atoms with van der Waals surface area (Å²) >= 11 is 0. The molecule has 0 unspecified atom stereocenters. The van der Waals surface area contributed by atoms with Gasteiger partial charge in [0.05, 0.1) is 7.11 Å². The molecule has 0 spiro atoms. The fourth-order valence-corrected chi connectivity index (χ4v) is 2.44. The molecule has 1 aliphatic rings. The number of primary amides is 1. The molecule has 1 aromatic carbocycles. The van der Waals surface area contributed by atoms with Crippen molar-refractivity contribution in [3.63, 3.8) is 0 Å². The van der Waals surface area contributed by atoms with Gasteiger partial charge < -0.3 is 15.8 Å². The average Bonchev–Trinajstić information content (AvgIpc) is 2.72. The second-order valence-electron chi connectivity index (χ2n) is 4.78. The van der Waals surface area contributed by atoms with Crippen molar-refractivity contribution < 1.29 is 19.1 Å². The van der Waals surface area contributed by atoms with Crippen molar-refractivity contribution in [2.75, 3.05) is 13.7 Å². The highest BCUT2D eigenvalue weighted by atomic mass is 16.5. The van der Waals surface area contributed by atoms with Crippen molar-refractivity contribution >= 4 is 17.8 Å². The molecule has 1 atom stereocenters. The maximum atomic E-state index is 12.6. The Morgan fingerprint density at radius 3 is 2.43 bits per heavy atom. The molecule has 1 heterocycles. The molecule has 1 fully saturated rings. The number of nitrogens with two attached hydrogens (primary N) is 1. The molecule has 0 aromatic heterocycles. The number of hydrogen-bond acceptors (Lipinski definition) is 4. The predicted octanol–water partition coefficient (Wildman–Crippen LogP) is 0.338. The van der Waals surface area contributed by atoms with Crippen molar-refractivity contribution in [1.82, 2.24) is 10.2 Å². The van der Waals surface area contributed by atoms with E-state index >= 15 is 0 Å². The molecule has 1 aliphatic heterocycles. The van der Waals surface area contributed by atoms with Crippen LogP contribution in [0.25, 0.3) is 0 Å². The van der Waals surface area contributed by atoms with E-state index < -0.39 is 29.9 Å². The number of hydrogen-bond donors (Lipinski definition) is 2. The van der Waals surface area contributed by atoms with E-state index in [4.69, 9.17) is 10.5 Å². The van der Waals surface area contributed by atoms with E-state index in [0.29, 0.717) is 17.7 Å². The molecule has 1 aromatic rings. The summed E-state index contributed by atoms with van der Waals surface area (Å²) in [4.78, 5) is 36.4. The number of imide groups is 1. The minimum atomic E-state index is -1.17. The van der Waals surface area contributed by atoms with Crippen LogP contribution in [-0.2, 0) is 15.1 Å². The maximum Gasteiger partial charge on any atom is 0.325 e. The molecule has 0 aliphatic carbocycles. The number of carbonyl (C=O) groups is 3. The summed E-state index contributed by atoms with van der Waals surface area (Å²) in [5.41, 5.74) is 4.54. The third-order valence-corrected chi connectivity index (χ3v) is 3.60. The molecule has 0 bridgehead atoms. The number of methoxy groups -OCH3 is 1. The fraction of sp³-hybridized carbons (Fsp3) is 0.357. The molecule has 3 N–H and O–H groups in total. The van der Waals surface area contributed by atoms with Crippen molar-refractivity contribution in [2.45, 2.75) is 18.9 Å². The fourth-order valence-electron chi connectivity index (χ4n) is 2.44. The lowest BCUT2D eigenvalue weighted by Gasteiger charge is -2.25. The molecule has 7 heteroatoms. The minimum Gasteiger partial charge on any atom is -0.497 e. The van der Waals surface area contributed by atoms with Gasteiger partial charge in [0.1, 0.15) is 17.8 Å². The van der Waals surface area contributed by atoms with Crippen LogP contribution < -0.4 is 15.8 Å². The van der Waals surface area contributed by atoms with Crippen LogP contribution in [0, 0.1) is 0 Å². The Morgan fingerprint density at radius 2 is 1.95 bits per heavy atom. The van der Waals surface area contributed by atoms with Crippen molar-refractivity contribution in [3.8, 4) is 5.75 Å². The highest BCUT2D eigenvalue weighted by Crippen LogP contribution is 2.33. The summed E-state index contributed by atoms with van der Waals surface area (Å²) in [5.74, 6) is -0.560. The molecule has 112 valence electrons. The van der Waals surface area contributed by atoms with E-state index in [1.165, 1.54) is 0 Å². The Kier molecular flexibility index (Phi) is 3.84. The monoisotopic (exact) mass is 291 g/mol. The van der Waals surface area contributed by atoms with Crippen molar-refractivity contribution in [1.29, 1.82) is 0 Å². The average molecular weight is 291 g/mol. The van der Waals surface area contributed by atoms with E-state index in [1.807, 2.05) is 0 Å². The number of benzene rings is 1. The van der Waals surface area contributed by atoms with Gasteiger partial charge in [-0.15, -0.1) is 0 Å². The zero-order chi connectivity index (χ0) is 15.6. The lowest BCUT2D eigenvalue weighted by molar-refractivity contribution is -0.134. The van der Waals surface area contributed by atoms with Crippen LogP contribution in [0.5, 0.6) is 5.75 Å². The van der Waals surface area contributed by atoms with Gasteiger partial charge in [-0.1, -0.05) is 19.1 Å². The Balaban J connectivity index is 2.39. The highest BCUT2D eigenvalue weighted by molar-refractivity contribution is 6.09. The third-order valence-electron chi connectivity index (χ3n) is 3.60. The van der Waals surface area contributed by atoms with Crippen LogP contribution in [0.15, 0.2) is 24.3 Å². The van der Waals surface area contributed by atoms with Gasteiger partial charge in [0.25, 0.3) is 5.91 Å². The van der Waals surface area contributed by atoms with Crippen LogP contribution in [-0.4, -0.2) is 36.4 Å². The van der Waals surface area contributed by atoms with Gasteiger partial charge in [-0.25, -0.2) is 4.79 Å². The standard InChI is InChI=1S/C14H17N3O4/c1-3-14(9-4-6-10(21-2)7-5-9)12(19)17(8-11(15)18)13(20)16-14/h4-7H,3,8H2,1-2H3,(H2,15,18)(H,16,20)/t14-/m1/s1. The van der Waals surface area contributed by atoms with E-state index in [2.05, 4.69) is 5.32 Å². The number of rotatable bonds is 5. The Hall–Kier alpha value is -2.57. The molecule has 0 saturated carbocycles. The topological polar surface area (TPSA) is 102 Å². The first-order valence-corrected chi connectivity index (χ1v) is 6.51. The van der Waals surface area contributed by atoms with Gasteiger partial charge in [0.15, 0.2) is 0 Å². The van der Waals surface area contributed by atoms with Gasteiger partial charge in [-0.3, -0.25) is 14.5 Å². The summed E-state index contributed by atoms with van der Waals surface area (Å²) in [6.45, 7) is 1.36. The van der Waals surface area contributed by atoms with Gasteiger partial charge in [-0.05, 0) is 24.1 Å². The summed E-state index contributed by atoms with van der Waals surface area (Å²) in [7, 11) is 1.54. The summed E-state index contributed by atoms with van der Waals surface area (Å²) in [5, 5.41) is 2.66. The van der Waals surface area contributed by atoms with Gasteiger partial charge in [0.2, 0.25) is 5.91 Å². The summed E-state index contributed by atoms with van der Waals surface area (Å²) in [6, 6.07) is 6.24. The number of urea groups is 1. The normalized spacial score (nSPS) is 21.3. The highest BCUT2D eigenvalue weighted by Gasteiger charge is 2.51. The number of carbonyl (C=O) groups excluding carboxylic acids is 3. The van der Waals surface area contributed by atoms with Crippen LogP contribution in [0.4, 0.5) is 4.79 Å². The lowest BCUT2D eigenvalue weighted by Crippen LogP contribution is -2.44. The Labute approximate surface area is 122 Å².